The van der Waals surface area contributed by atoms with Gasteiger partial charge in [-0.15, -0.1) is 0 Å². The first-order valence-corrected chi connectivity index (χ1v) is 7.30. The fourth-order valence-corrected chi connectivity index (χ4v) is 2.25. The van der Waals surface area contributed by atoms with Crippen molar-refractivity contribution in [1.82, 2.24) is 9.97 Å². The molecule has 3 rings (SSSR count). The molecule has 2 amide bonds. The molecule has 1 heterocycles. The highest BCUT2D eigenvalue weighted by atomic mass is 19.1. The quantitative estimate of drug-likeness (QED) is 0.770. The van der Waals surface area contributed by atoms with Crippen LogP contribution < -0.4 is 11.1 Å². The standard InChI is InChI=1S/C18H15FN4O/c1-11-2-4-12(5-3-11)15-10-16(13-6-8-14(19)9-7-13)22-18(21-15)23-17(20)24/h2-10H,1H3,(H3,20,21,22,23,24). The van der Waals surface area contributed by atoms with Crippen molar-refractivity contribution < 1.29 is 9.18 Å². The number of carbonyl (C=O) groups is 1. The predicted molar refractivity (Wildman–Crippen MR) is 90.8 cm³/mol. The molecule has 0 spiro atoms. The summed E-state index contributed by atoms with van der Waals surface area (Å²) in [5.74, 6) is -0.234. The Morgan fingerprint density at radius 2 is 1.46 bits per heavy atom. The van der Waals surface area contributed by atoms with Crippen molar-refractivity contribution in [3.8, 4) is 22.5 Å². The highest BCUT2D eigenvalue weighted by Crippen LogP contribution is 2.25. The van der Waals surface area contributed by atoms with Crippen LogP contribution in [0.4, 0.5) is 15.1 Å². The van der Waals surface area contributed by atoms with E-state index in [9.17, 15) is 9.18 Å². The Morgan fingerprint density at radius 3 is 1.96 bits per heavy atom. The normalized spacial score (nSPS) is 10.4. The average Bonchev–Trinajstić information content (AvgIpc) is 2.55. The number of nitrogens with zero attached hydrogens (tertiary/aromatic N) is 2. The summed E-state index contributed by atoms with van der Waals surface area (Å²) >= 11 is 0. The molecule has 0 bridgehead atoms. The number of aryl methyl sites for hydroxylation is 1. The van der Waals surface area contributed by atoms with Gasteiger partial charge in [0.15, 0.2) is 0 Å². The van der Waals surface area contributed by atoms with E-state index in [0.29, 0.717) is 17.0 Å². The number of halogens is 1. The van der Waals surface area contributed by atoms with Gasteiger partial charge in [-0.1, -0.05) is 29.8 Å². The number of amides is 2. The SMILES string of the molecule is Cc1ccc(-c2cc(-c3ccc(F)cc3)nc(NC(N)=O)n2)cc1. The van der Waals surface area contributed by atoms with E-state index in [2.05, 4.69) is 15.3 Å². The molecular weight excluding hydrogens is 307 g/mol. The summed E-state index contributed by atoms with van der Waals surface area (Å²) in [7, 11) is 0. The van der Waals surface area contributed by atoms with Gasteiger partial charge in [-0.3, -0.25) is 5.32 Å². The Morgan fingerprint density at radius 1 is 0.958 bits per heavy atom. The lowest BCUT2D eigenvalue weighted by Crippen LogP contribution is -2.21. The summed E-state index contributed by atoms with van der Waals surface area (Å²) < 4.78 is 13.1. The monoisotopic (exact) mass is 322 g/mol. The van der Waals surface area contributed by atoms with Crippen molar-refractivity contribution in [3.63, 3.8) is 0 Å². The second-order valence-corrected chi connectivity index (χ2v) is 5.32. The third kappa shape index (κ3) is 3.55. The molecule has 2 aromatic carbocycles. The van der Waals surface area contributed by atoms with E-state index >= 15 is 0 Å². The Kier molecular flexibility index (Phi) is 4.20. The Labute approximate surface area is 138 Å². The average molecular weight is 322 g/mol. The molecule has 0 aliphatic rings. The lowest BCUT2D eigenvalue weighted by molar-refractivity contribution is 0.259. The molecule has 0 unspecified atom stereocenters. The molecule has 5 nitrogen and oxygen atoms in total. The Bertz CT molecular complexity index is 813. The van der Waals surface area contributed by atoms with E-state index in [1.165, 1.54) is 12.1 Å². The number of aromatic nitrogens is 2. The maximum atomic E-state index is 13.1. The van der Waals surface area contributed by atoms with Gasteiger partial charge in [0.2, 0.25) is 5.95 Å². The van der Waals surface area contributed by atoms with Crippen molar-refractivity contribution >= 4 is 12.0 Å². The first-order chi connectivity index (χ1) is 11.5. The topological polar surface area (TPSA) is 80.9 Å². The minimum absolute atomic E-state index is 0.0971. The van der Waals surface area contributed by atoms with E-state index < -0.39 is 6.03 Å². The lowest BCUT2D eigenvalue weighted by Gasteiger charge is -2.09. The number of primary amides is 1. The summed E-state index contributed by atoms with van der Waals surface area (Å²) in [5, 5.41) is 2.39. The first-order valence-electron chi connectivity index (χ1n) is 7.30. The van der Waals surface area contributed by atoms with Gasteiger partial charge in [0.25, 0.3) is 0 Å². The van der Waals surface area contributed by atoms with Crippen LogP contribution in [-0.4, -0.2) is 16.0 Å². The van der Waals surface area contributed by atoms with Crippen LogP contribution in [0.25, 0.3) is 22.5 Å². The third-order valence-corrected chi connectivity index (χ3v) is 3.45. The number of nitrogens with two attached hydrogens (primary N) is 1. The van der Waals surface area contributed by atoms with E-state index in [-0.39, 0.29) is 11.8 Å². The van der Waals surface area contributed by atoms with Gasteiger partial charge in [0.1, 0.15) is 5.82 Å². The molecular formula is C18H15FN4O. The van der Waals surface area contributed by atoms with Crippen molar-refractivity contribution in [2.24, 2.45) is 5.73 Å². The molecule has 6 heteroatoms. The van der Waals surface area contributed by atoms with E-state index in [0.717, 1.165) is 11.1 Å². The molecule has 0 aliphatic heterocycles. The first kappa shape index (κ1) is 15.6. The highest BCUT2D eigenvalue weighted by Gasteiger charge is 2.10. The summed E-state index contributed by atoms with van der Waals surface area (Å²) in [6.07, 6.45) is 0. The molecule has 24 heavy (non-hydrogen) atoms. The second kappa shape index (κ2) is 6.45. The predicted octanol–water partition coefficient (Wildman–Crippen LogP) is 3.75. The smallest absolute Gasteiger partial charge is 0.319 e. The number of hydrogen-bond acceptors (Lipinski definition) is 3. The lowest BCUT2D eigenvalue weighted by atomic mass is 10.1. The minimum Gasteiger partial charge on any atom is -0.351 e. The molecule has 3 aromatic rings. The fraction of sp³-hybridized carbons (Fsp3) is 0.0556. The molecule has 0 saturated heterocycles. The van der Waals surface area contributed by atoms with E-state index in [4.69, 9.17) is 5.73 Å². The number of hydrogen-bond donors (Lipinski definition) is 2. The summed E-state index contributed by atoms with van der Waals surface area (Å²) in [6.45, 7) is 1.99. The Hall–Kier alpha value is -3.28. The highest BCUT2D eigenvalue weighted by molar-refractivity contribution is 5.86. The molecule has 0 radical (unpaired) electrons. The van der Waals surface area contributed by atoms with Gasteiger partial charge in [-0.2, -0.15) is 0 Å². The van der Waals surface area contributed by atoms with Crippen molar-refractivity contribution in [3.05, 3.63) is 66.0 Å². The van der Waals surface area contributed by atoms with Crippen molar-refractivity contribution in [1.29, 1.82) is 0 Å². The summed E-state index contributed by atoms with van der Waals surface area (Å²) in [4.78, 5) is 19.7. The Balaban J connectivity index is 2.11. The third-order valence-electron chi connectivity index (χ3n) is 3.45. The molecule has 0 saturated carbocycles. The number of rotatable bonds is 3. The van der Waals surface area contributed by atoms with Crippen LogP contribution in [0.3, 0.4) is 0 Å². The summed E-state index contributed by atoms with van der Waals surface area (Å²) in [6, 6.07) is 14.8. The zero-order valence-corrected chi connectivity index (χ0v) is 13.0. The second-order valence-electron chi connectivity index (χ2n) is 5.32. The van der Waals surface area contributed by atoms with Crippen LogP contribution in [0, 0.1) is 12.7 Å². The van der Waals surface area contributed by atoms with Crippen molar-refractivity contribution in [2.75, 3.05) is 5.32 Å². The van der Waals surface area contributed by atoms with E-state index in [1.807, 2.05) is 31.2 Å². The summed E-state index contributed by atoms with van der Waals surface area (Å²) in [5.41, 5.74) is 9.06. The van der Waals surface area contributed by atoms with Gasteiger partial charge < -0.3 is 5.73 Å². The zero-order valence-electron chi connectivity index (χ0n) is 13.0. The van der Waals surface area contributed by atoms with Gasteiger partial charge in [0.05, 0.1) is 11.4 Å². The molecule has 3 N–H and O–H groups in total. The van der Waals surface area contributed by atoms with Gasteiger partial charge in [0, 0.05) is 11.1 Å². The zero-order chi connectivity index (χ0) is 17.1. The maximum absolute atomic E-state index is 13.1. The number of anilines is 1. The molecule has 0 atom stereocenters. The molecule has 1 aromatic heterocycles. The van der Waals surface area contributed by atoms with Crippen LogP contribution in [0.2, 0.25) is 0 Å². The van der Waals surface area contributed by atoms with Crippen LogP contribution in [0.5, 0.6) is 0 Å². The number of nitrogens with one attached hydrogen (secondary N) is 1. The minimum atomic E-state index is -0.749. The van der Waals surface area contributed by atoms with Gasteiger partial charge >= 0.3 is 6.03 Å². The number of urea groups is 1. The maximum Gasteiger partial charge on any atom is 0.319 e. The largest absolute Gasteiger partial charge is 0.351 e. The molecule has 120 valence electrons. The fourth-order valence-electron chi connectivity index (χ4n) is 2.25. The van der Waals surface area contributed by atoms with Crippen LogP contribution >= 0.6 is 0 Å². The van der Waals surface area contributed by atoms with Gasteiger partial charge in [-0.05, 0) is 37.3 Å². The number of carbonyl (C=O) groups excluding carboxylic acids is 1. The van der Waals surface area contributed by atoms with Crippen LogP contribution in [0.15, 0.2) is 54.6 Å². The molecule has 0 aliphatic carbocycles. The molecule has 0 fully saturated rings. The van der Waals surface area contributed by atoms with E-state index in [1.54, 1.807) is 18.2 Å². The number of benzene rings is 2. The van der Waals surface area contributed by atoms with Crippen LogP contribution in [0.1, 0.15) is 5.56 Å². The van der Waals surface area contributed by atoms with Crippen molar-refractivity contribution in [2.45, 2.75) is 6.92 Å². The van der Waals surface area contributed by atoms with Gasteiger partial charge in [-0.25, -0.2) is 19.2 Å². The van der Waals surface area contributed by atoms with Crippen LogP contribution in [-0.2, 0) is 0 Å².